The van der Waals surface area contributed by atoms with Gasteiger partial charge in [-0.15, -0.1) is 0 Å². The molecule has 1 atom stereocenters. The molecule has 0 N–H and O–H groups in total. The van der Waals surface area contributed by atoms with E-state index in [2.05, 4.69) is 19.9 Å². The van der Waals surface area contributed by atoms with Gasteiger partial charge in [-0.3, -0.25) is 14.7 Å². The molecular weight excluding hydrogens is 437 g/mol. The zero-order chi connectivity index (χ0) is 22.0. The van der Waals surface area contributed by atoms with Gasteiger partial charge in [0.2, 0.25) is 0 Å². The Morgan fingerprint density at radius 3 is 2.58 bits per heavy atom. The second kappa shape index (κ2) is 9.26. The SMILES string of the molecule is COc1cc(N2CCN(C(C=O)n3nc(-c4cccnc4)c(Cl)c3C)CC2)ccc1Cl. The van der Waals surface area contributed by atoms with E-state index in [0.717, 1.165) is 36.3 Å². The number of hydrogen-bond acceptors (Lipinski definition) is 6. The third-order valence-electron chi connectivity index (χ3n) is 5.57. The van der Waals surface area contributed by atoms with Crippen molar-refractivity contribution in [2.45, 2.75) is 13.1 Å². The average molecular weight is 460 g/mol. The molecule has 3 aromatic rings. The number of pyridine rings is 1. The zero-order valence-electron chi connectivity index (χ0n) is 17.3. The van der Waals surface area contributed by atoms with Crippen LogP contribution in [-0.4, -0.2) is 59.2 Å². The van der Waals surface area contributed by atoms with Crippen molar-refractivity contribution in [2.24, 2.45) is 0 Å². The molecule has 3 heterocycles. The highest BCUT2D eigenvalue weighted by Gasteiger charge is 2.28. The zero-order valence-corrected chi connectivity index (χ0v) is 18.8. The number of halogens is 2. The molecule has 2 aromatic heterocycles. The molecule has 1 unspecified atom stereocenters. The molecule has 1 saturated heterocycles. The van der Waals surface area contributed by atoms with Gasteiger partial charge in [0.15, 0.2) is 12.5 Å². The highest BCUT2D eigenvalue weighted by atomic mass is 35.5. The molecular formula is C22H23Cl2N5O2. The Hall–Kier alpha value is -2.61. The standard InChI is InChI=1S/C22H23Cl2N5O2/c1-15-21(24)22(16-4-3-7-25-13-16)26-29(15)20(14-30)28-10-8-27(9-11-28)17-5-6-18(23)19(12-17)31-2/h3-7,12-14,20H,8-11H2,1-2H3. The van der Waals surface area contributed by atoms with E-state index in [1.807, 2.05) is 37.3 Å². The Kier molecular flexibility index (Phi) is 6.46. The van der Waals surface area contributed by atoms with Gasteiger partial charge in [0.05, 0.1) is 22.8 Å². The molecule has 0 saturated carbocycles. The Morgan fingerprint density at radius 2 is 1.94 bits per heavy atom. The van der Waals surface area contributed by atoms with Gasteiger partial charge in [0.1, 0.15) is 11.4 Å². The number of hydrogen-bond donors (Lipinski definition) is 0. The lowest BCUT2D eigenvalue weighted by Crippen LogP contribution is -2.49. The van der Waals surface area contributed by atoms with Crippen LogP contribution in [0.25, 0.3) is 11.3 Å². The Morgan fingerprint density at radius 1 is 1.16 bits per heavy atom. The van der Waals surface area contributed by atoms with Crippen LogP contribution < -0.4 is 9.64 Å². The third-order valence-corrected chi connectivity index (χ3v) is 6.34. The first-order valence-corrected chi connectivity index (χ1v) is 10.7. The van der Waals surface area contributed by atoms with E-state index in [0.29, 0.717) is 34.6 Å². The van der Waals surface area contributed by atoms with Crippen LogP contribution in [0, 0.1) is 6.92 Å². The fourth-order valence-corrected chi connectivity index (χ4v) is 4.26. The lowest BCUT2D eigenvalue weighted by molar-refractivity contribution is -0.116. The number of aromatic nitrogens is 3. The summed E-state index contributed by atoms with van der Waals surface area (Å²) in [7, 11) is 1.61. The Balaban J connectivity index is 1.52. The topological polar surface area (TPSA) is 63.5 Å². The van der Waals surface area contributed by atoms with Gasteiger partial charge in [-0.1, -0.05) is 23.2 Å². The summed E-state index contributed by atoms with van der Waals surface area (Å²) in [6, 6.07) is 9.50. The lowest BCUT2D eigenvalue weighted by Gasteiger charge is -2.38. The minimum atomic E-state index is -0.523. The summed E-state index contributed by atoms with van der Waals surface area (Å²) in [6.45, 7) is 4.81. The predicted molar refractivity (Wildman–Crippen MR) is 122 cm³/mol. The van der Waals surface area contributed by atoms with Crippen LogP contribution in [-0.2, 0) is 4.79 Å². The number of benzene rings is 1. The van der Waals surface area contributed by atoms with Crippen LogP contribution in [0.1, 0.15) is 11.9 Å². The van der Waals surface area contributed by atoms with E-state index >= 15 is 0 Å². The summed E-state index contributed by atoms with van der Waals surface area (Å²) in [5.41, 5.74) is 3.25. The molecule has 1 aliphatic rings. The smallest absolute Gasteiger partial charge is 0.160 e. The minimum absolute atomic E-state index is 0.523. The first kappa shape index (κ1) is 21.6. The molecule has 1 fully saturated rings. The van der Waals surface area contributed by atoms with Crippen molar-refractivity contribution in [2.75, 3.05) is 38.2 Å². The van der Waals surface area contributed by atoms with E-state index in [4.69, 9.17) is 27.9 Å². The van der Waals surface area contributed by atoms with Crippen molar-refractivity contribution in [1.82, 2.24) is 19.7 Å². The molecule has 4 rings (SSSR count). The van der Waals surface area contributed by atoms with Crippen molar-refractivity contribution in [3.63, 3.8) is 0 Å². The maximum atomic E-state index is 12.1. The summed E-state index contributed by atoms with van der Waals surface area (Å²) in [5, 5.41) is 5.78. The number of anilines is 1. The summed E-state index contributed by atoms with van der Waals surface area (Å²) in [6.07, 6.45) is 3.81. The number of methoxy groups -OCH3 is 1. The first-order chi connectivity index (χ1) is 15.0. The fraction of sp³-hybridized carbons (Fsp3) is 0.318. The number of aldehydes is 1. The van der Waals surface area contributed by atoms with E-state index in [1.165, 1.54) is 0 Å². The van der Waals surface area contributed by atoms with Crippen molar-refractivity contribution in [3.8, 4) is 17.0 Å². The van der Waals surface area contributed by atoms with Crippen molar-refractivity contribution < 1.29 is 9.53 Å². The van der Waals surface area contributed by atoms with Gasteiger partial charge in [-0.2, -0.15) is 5.10 Å². The number of rotatable bonds is 6. The summed E-state index contributed by atoms with van der Waals surface area (Å²) in [5.74, 6) is 0.650. The molecule has 0 bridgehead atoms. The van der Waals surface area contributed by atoms with Gasteiger partial charge in [0.25, 0.3) is 0 Å². The molecule has 31 heavy (non-hydrogen) atoms. The van der Waals surface area contributed by atoms with Crippen molar-refractivity contribution >= 4 is 35.2 Å². The van der Waals surface area contributed by atoms with Crippen LogP contribution in [0.3, 0.4) is 0 Å². The van der Waals surface area contributed by atoms with Crippen LogP contribution in [0.2, 0.25) is 10.0 Å². The molecule has 7 nitrogen and oxygen atoms in total. The van der Waals surface area contributed by atoms with Gasteiger partial charge in [-0.05, 0) is 31.2 Å². The predicted octanol–water partition coefficient (Wildman–Crippen LogP) is 4.09. The van der Waals surface area contributed by atoms with Gasteiger partial charge in [0, 0.05) is 55.9 Å². The fourth-order valence-electron chi connectivity index (χ4n) is 3.83. The minimum Gasteiger partial charge on any atom is -0.495 e. The van der Waals surface area contributed by atoms with Crippen LogP contribution in [0.5, 0.6) is 5.75 Å². The number of carbonyl (C=O) groups excluding carboxylic acids is 1. The van der Waals surface area contributed by atoms with E-state index in [-0.39, 0.29) is 0 Å². The second-order valence-corrected chi connectivity index (χ2v) is 8.11. The quantitative estimate of drug-likeness (QED) is 0.517. The Bertz CT molecular complexity index is 1070. The third kappa shape index (κ3) is 4.26. The highest BCUT2D eigenvalue weighted by Crippen LogP contribution is 2.33. The molecule has 162 valence electrons. The maximum Gasteiger partial charge on any atom is 0.160 e. The molecule has 1 aliphatic heterocycles. The van der Waals surface area contributed by atoms with E-state index < -0.39 is 6.17 Å². The molecule has 0 amide bonds. The molecule has 9 heteroatoms. The average Bonchev–Trinajstić information content (AvgIpc) is 3.10. The monoisotopic (exact) mass is 459 g/mol. The first-order valence-electron chi connectivity index (χ1n) is 9.96. The molecule has 0 aliphatic carbocycles. The van der Waals surface area contributed by atoms with Crippen LogP contribution >= 0.6 is 23.2 Å². The Labute approximate surface area is 191 Å². The van der Waals surface area contributed by atoms with Crippen molar-refractivity contribution in [3.05, 3.63) is 58.5 Å². The summed E-state index contributed by atoms with van der Waals surface area (Å²) >= 11 is 12.7. The molecule has 1 aromatic carbocycles. The number of piperazine rings is 1. The highest BCUT2D eigenvalue weighted by molar-refractivity contribution is 6.33. The summed E-state index contributed by atoms with van der Waals surface area (Å²) < 4.78 is 7.04. The number of nitrogens with zero attached hydrogens (tertiary/aromatic N) is 5. The van der Waals surface area contributed by atoms with E-state index in [9.17, 15) is 4.79 Å². The van der Waals surface area contributed by atoms with Gasteiger partial charge < -0.3 is 9.64 Å². The molecule has 0 radical (unpaired) electrons. The van der Waals surface area contributed by atoms with E-state index in [1.54, 1.807) is 24.2 Å². The molecule has 0 spiro atoms. The van der Waals surface area contributed by atoms with Crippen LogP contribution in [0.4, 0.5) is 5.69 Å². The van der Waals surface area contributed by atoms with Gasteiger partial charge in [-0.25, -0.2) is 4.68 Å². The maximum absolute atomic E-state index is 12.1. The second-order valence-electron chi connectivity index (χ2n) is 7.33. The number of carbonyl (C=O) groups is 1. The normalized spacial score (nSPS) is 15.7. The van der Waals surface area contributed by atoms with Crippen LogP contribution in [0.15, 0.2) is 42.7 Å². The largest absolute Gasteiger partial charge is 0.495 e. The lowest BCUT2D eigenvalue weighted by atomic mass is 10.2. The van der Waals surface area contributed by atoms with Crippen molar-refractivity contribution in [1.29, 1.82) is 0 Å². The number of ether oxygens (including phenoxy) is 1. The summed E-state index contributed by atoms with van der Waals surface area (Å²) in [4.78, 5) is 20.6. The van der Waals surface area contributed by atoms with Gasteiger partial charge >= 0.3 is 0 Å².